The average molecular weight is 283 g/mol. The summed E-state index contributed by atoms with van der Waals surface area (Å²) in [5.74, 6) is -1.40. The van der Waals surface area contributed by atoms with Gasteiger partial charge in [-0.3, -0.25) is 9.59 Å². The number of anilines is 1. The fourth-order valence-electron chi connectivity index (χ4n) is 2.13. The third-order valence-corrected chi connectivity index (χ3v) is 3.34. The Balaban J connectivity index is 1.92. The molecule has 0 saturated carbocycles. The van der Waals surface area contributed by atoms with E-state index in [0.29, 0.717) is 31.2 Å². The first kappa shape index (κ1) is 13.7. The van der Waals surface area contributed by atoms with Crippen LogP contribution in [0.15, 0.2) is 24.3 Å². The highest BCUT2D eigenvalue weighted by Crippen LogP contribution is 2.20. The predicted molar refractivity (Wildman–Crippen MR) is 72.5 cm³/mol. The van der Waals surface area contributed by atoms with Crippen molar-refractivity contribution in [3.8, 4) is 0 Å². The minimum atomic E-state index is -1.08. The molecule has 1 aliphatic rings. The van der Waals surface area contributed by atoms with E-state index in [0.717, 1.165) is 5.69 Å². The first-order valence-corrected chi connectivity index (χ1v) is 6.44. The number of carbonyl (C=O) groups excluding carboxylic acids is 1. The van der Waals surface area contributed by atoms with Crippen LogP contribution in [0.4, 0.5) is 5.69 Å². The minimum absolute atomic E-state index is 0.321. The molecule has 0 bridgehead atoms. The number of carboxylic acids is 1. The van der Waals surface area contributed by atoms with Crippen LogP contribution in [0.2, 0.25) is 5.02 Å². The third kappa shape index (κ3) is 3.61. The lowest BCUT2D eigenvalue weighted by atomic mass is 10.2. The highest BCUT2D eigenvalue weighted by molar-refractivity contribution is 6.30. The van der Waals surface area contributed by atoms with Gasteiger partial charge in [0.1, 0.15) is 6.42 Å². The minimum Gasteiger partial charge on any atom is -0.481 e. The zero-order valence-electron chi connectivity index (χ0n) is 10.4. The summed E-state index contributed by atoms with van der Waals surface area (Å²) in [4.78, 5) is 25.8. The van der Waals surface area contributed by atoms with Crippen LogP contribution < -0.4 is 4.90 Å². The van der Waals surface area contributed by atoms with Gasteiger partial charge in [0, 0.05) is 36.9 Å². The largest absolute Gasteiger partial charge is 0.481 e. The van der Waals surface area contributed by atoms with Crippen molar-refractivity contribution < 1.29 is 14.7 Å². The Morgan fingerprint density at radius 2 is 1.89 bits per heavy atom. The van der Waals surface area contributed by atoms with Crippen molar-refractivity contribution in [2.75, 3.05) is 31.1 Å². The van der Waals surface area contributed by atoms with Crippen LogP contribution in [-0.4, -0.2) is 48.1 Å². The summed E-state index contributed by atoms with van der Waals surface area (Å²) >= 11 is 5.94. The second-order valence-corrected chi connectivity index (χ2v) is 4.85. The van der Waals surface area contributed by atoms with Gasteiger partial charge in [0.25, 0.3) is 0 Å². The number of carboxylic acid groups (broad SMARTS) is 1. The summed E-state index contributed by atoms with van der Waals surface area (Å²) in [6, 6.07) is 7.56. The van der Waals surface area contributed by atoms with Crippen molar-refractivity contribution in [1.82, 2.24) is 4.90 Å². The summed E-state index contributed by atoms with van der Waals surface area (Å²) in [6.45, 7) is 2.45. The summed E-state index contributed by atoms with van der Waals surface area (Å²) in [5, 5.41) is 9.28. The van der Waals surface area contributed by atoms with E-state index in [2.05, 4.69) is 4.90 Å². The van der Waals surface area contributed by atoms with Crippen LogP contribution in [0.3, 0.4) is 0 Å². The first-order valence-electron chi connectivity index (χ1n) is 6.06. The van der Waals surface area contributed by atoms with Crippen LogP contribution >= 0.6 is 11.6 Å². The summed E-state index contributed by atoms with van der Waals surface area (Å²) in [6.07, 6.45) is -0.433. The molecule has 19 heavy (non-hydrogen) atoms. The predicted octanol–water partition coefficient (Wildman–Crippen LogP) is 1.46. The highest BCUT2D eigenvalue weighted by atomic mass is 35.5. The highest BCUT2D eigenvalue weighted by Gasteiger charge is 2.22. The SMILES string of the molecule is O=C(O)CC(=O)N1CCN(c2cccc(Cl)c2)CC1. The lowest BCUT2D eigenvalue weighted by Crippen LogP contribution is -2.49. The van der Waals surface area contributed by atoms with Gasteiger partial charge < -0.3 is 14.9 Å². The standard InChI is InChI=1S/C13H15ClN2O3/c14-10-2-1-3-11(8-10)15-4-6-16(7-5-15)12(17)9-13(18)19/h1-3,8H,4-7,9H2,(H,18,19). The van der Waals surface area contributed by atoms with Crippen molar-refractivity contribution in [2.45, 2.75) is 6.42 Å². The van der Waals surface area contributed by atoms with Gasteiger partial charge in [-0.2, -0.15) is 0 Å². The number of rotatable bonds is 3. The van der Waals surface area contributed by atoms with Gasteiger partial charge in [0.05, 0.1) is 0 Å². The summed E-state index contributed by atoms with van der Waals surface area (Å²) in [7, 11) is 0. The van der Waals surface area contributed by atoms with E-state index < -0.39 is 12.4 Å². The van der Waals surface area contributed by atoms with Gasteiger partial charge in [0.2, 0.25) is 5.91 Å². The first-order chi connectivity index (χ1) is 9.06. The Morgan fingerprint density at radius 3 is 2.47 bits per heavy atom. The van der Waals surface area contributed by atoms with Gasteiger partial charge in [-0.15, -0.1) is 0 Å². The van der Waals surface area contributed by atoms with Crippen LogP contribution in [0.5, 0.6) is 0 Å². The molecule has 0 unspecified atom stereocenters. The molecule has 2 rings (SSSR count). The molecular formula is C13H15ClN2O3. The zero-order valence-corrected chi connectivity index (χ0v) is 11.1. The Kier molecular flexibility index (Phi) is 4.27. The maximum Gasteiger partial charge on any atom is 0.312 e. The average Bonchev–Trinajstić information content (AvgIpc) is 2.38. The van der Waals surface area contributed by atoms with Crippen molar-refractivity contribution in [3.05, 3.63) is 29.3 Å². The van der Waals surface area contributed by atoms with Gasteiger partial charge in [-0.25, -0.2) is 0 Å². The topological polar surface area (TPSA) is 60.9 Å². The Hall–Kier alpha value is -1.75. The number of piperazine rings is 1. The van der Waals surface area contributed by atoms with E-state index in [9.17, 15) is 9.59 Å². The molecule has 0 aliphatic carbocycles. The second-order valence-electron chi connectivity index (χ2n) is 4.42. The lowest BCUT2D eigenvalue weighted by molar-refractivity contribution is -0.144. The maximum atomic E-state index is 11.6. The quantitative estimate of drug-likeness (QED) is 0.853. The monoisotopic (exact) mass is 282 g/mol. The van der Waals surface area contributed by atoms with Crippen LogP contribution in [0, 0.1) is 0 Å². The molecule has 0 spiro atoms. The number of halogens is 1. The molecule has 1 aromatic carbocycles. The van der Waals surface area contributed by atoms with E-state index in [4.69, 9.17) is 16.7 Å². The Bertz CT molecular complexity index is 485. The molecule has 1 N–H and O–H groups in total. The molecule has 5 nitrogen and oxygen atoms in total. The van der Waals surface area contributed by atoms with E-state index in [1.165, 1.54) is 0 Å². The fourth-order valence-corrected chi connectivity index (χ4v) is 2.31. The Labute approximate surface area is 116 Å². The number of hydrogen-bond donors (Lipinski definition) is 1. The second kappa shape index (κ2) is 5.93. The summed E-state index contributed by atoms with van der Waals surface area (Å²) in [5.41, 5.74) is 1.03. The van der Waals surface area contributed by atoms with Crippen molar-refractivity contribution in [3.63, 3.8) is 0 Å². The van der Waals surface area contributed by atoms with Crippen LogP contribution in [0.1, 0.15) is 6.42 Å². The van der Waals surface area contributed by atoms with Gasteiger partial charge in [-0.1, -0.05) is 17.7 Å². The van der Waals surface area contributed by atoms with E-state index in [-0.39, 0.29) is 5.91 Å². The third-order valence-electron chi connectivity index (χ3n) is 3.11. The van der Waals surface area contributed by atoms with Crippen molar-refractivity contribution >= 4 is 29.2 Å². The molecular weight excluding hydrogens is 268 g/mol. The van der Waals surface area contributed by atoms with E-state index >= 15 is 0 Å². The normalized spacial score (nSPS) is 15.4. The number of carbonyl (C=O) groups is 2. The summed E-state index contributed by atoms with van der Waals surface area (Å²) < 4.78 is 0. The molecule has 1 aliphatic heterocycles. The number of amides is 1. The van der Waals surface area contributed by atoms with Gasteiger partial charge >= 0.3 is 5.97 Å². The van der Waals surface area contributed by atoms with E-state index in [1.807, 2.05) is 24.3 Å². The van der Waals surface area contributed by atoms with Gasteiger partial charge in [0.15, 0.2) is 0 Å². The maximum absolute atomic E-state index is 11.6. The number of nitrogens with zero attached hydrogens (tertiary/aromatic N) is 2. The number of aliphatic carboxylic acids is 1. The molecule has 1 heterocycles. The van der Waals surface area contributed by atoms with Crippen LogP contribution in [0.25, 0.3) is 0 Å². The molecule has 0 atom stereocenters. The lowest BCUT2D eigenvalue weighted by Gasteiger charge is -2.36. The van der Waals surface area contributed by atoms with Crippen molar-refractivity contribution in [2.24, 2.45) is 0 Å². The van der Waals surface area contributed by atoms with Gasteiger partial charge in [-0.05, 0) is 18.2 Å². The Morgan fingerprint density at radius 1 is 1.21 bits per heavy atom. The molecule has 1 aromatic rings. The smallest absolute Gasteiger partial charge is 0.312 e. The molecule has 1 fully saturated rings. The molecule has 102 valence electrons. The molecule has 1 saturated heterocycles. The number of benzene rings is 1. The fraction of sp³-hybridized carbons (Fsp3) is 0.385. The zero-order chi connectivity index (χ0) is 13.8. The molecule has 0 radical (unpaired) electrons. The van der Waals surface area contributed by atoms with Crippen molar-refractivity contribution in [1.29, 1.82) is 0 Å². The van der Waals surface area contributed by atoms with Crippen LogP contribution in [-0.2, 0) is 9.59 Å². The molecule has 6 heteroatoms. The molecule has 0 aromatic heterocycles. The number of hydrogen-bond acceptors (Lipinski definition) is 3. The molecule has 1 amide bonds. The van der Waals surface area contributed by atoms with E-state index in [1.54, 1.807) is 4.90 Å².